The molecule has 9 nitrogen and oxygen atoms in total. The Morgan fingerprint density at radius 2 is 1.90 bits per heavy atom. The van der Waals surface area contributed by atoms with Crippen LogP contribution < -0.4 is 14.9 Å². The summed E-state index contributed by atoms with van der Waals surface area (Å²) in [7, 11) is 2.75. The molecule has 0 saturated carbocycles. The predicted octanol–water partition coefficient (Wildman–Crippen LogP) is 2.66. The molecule has 11 heteroatoms. The van der Waals surface area contributed by atoms with Crippen LogP contribution in [0.4, 0.5) is 0 Å². The Morgan fingerprint density at radius 3 is 2.53 bits per heavy atom. The van der Waals surface area contributed by atoms with E-state index in [2.05, 4.69) is 41.2 Å². The second-order valence-corrected chi connectivity index (χ2v) is 7.71. The van der Waals surface area contributed by atoms with Crippen LogP contribution in [0.2, 0.25) is 0 Å². The van der Waals surface area contributed by atoms with Crippen LogP contribution in [0.25, 0.3) is 0 Å². The second kappa shape index (κ2) is 11.5. The molecule has 0 bridgehead atoms. The van der Waals surface area contributed by atoms with Crippen LogP contribution in [0, 0.1) is 13.8 Å². The first-order chi connectivity index (χ1) is 14.3. The van der Waals surface area contributed by atoms with Crippen molar-refractivity contribution in [3.8, 4) is 11.5 Å². The fourth-order valence-corrected chi connectivity index (χ4v) is 3.56. The first-order valence-electron chi connectivity index (χ1n) is 8.66. The van der Waals surface area contributed by atoms with E-state index in [1.807, 2.05) is 19.9 Å². The molecular weight excluding hydrogens is 476 g/mol. The maximum atomic E-state index is 12.0. The number of nitrogens with zero attached hydrogens (tertiary/aromatic N) is 3. The minimum Gasteiger partial charge on any atom is -0.493 e. The van der Waals surface area contributed by atoms with E-state index in [1.165, 1.54) is 32.2 Å². The van der Waals surface area contributed by atoms with Gasteiger partial charge in [0.15, 0.2) is 23.3 Å². The summed E-state index contributed by atoms with van der Waals surface area (Å²) in [5.41, 5.74) is 4.80. The number of hydrogen-bond donors (Lipinski definition) is 1. The number of aryl methyl sites for hydroxylation is 2. The summed E-state index contributed by atoms with van der Waals surface area (Å²) >= 11 is 4.60. The molecule has 1 N–H and O–H groups in total. The molecular formula is C19H21BrN4O5S. The standard InChI is InChI=1S/C19H21BrN4O5S/c1-11-5-12(2)23-19(22-11)30-10-16(25)24-21-8-13-6-14(20)18(15(7-13)27-3)29-9-17(26)28-4/h5-8H,9-10H2,1-4H3,(H,24,25)/b21-8-. The SMILES string of the molecule is COC(=O)COc1c(Br)cc(/C=N\NC(=O)CSc2nc(C)cc(C)n2)cc1OC. The molecule has 0 radical (unpaired) electrons. The van der Waals surface area contributed by atoms with Crippen LogP contribution >= 0.6 is 27.7 Å². The van der Waals surface area contributed by atoms with Crippen molar-refractivity contribution in [2.45, 2.75) is 19.0 Å². The van der Waals surface area contributed by atoms with Crippen molar-refractivity contribution in [3.05, 3.63) is 39.6 Å². The maximum Gasteiger partial charge on any atom is 0.343 e. The zero-order chi connectivity index (χ0) is 22.1. The van der Waals surface area contributed by atoms with Crippen LogP contribution in [0.1, 0.15) is 17.0 Å². The first kappa shape index (κ1) is 23.6. The number of rotatable bonds is 9. The lowest BCUT2D eigenvalue weighted by atomic mass is 10.2. The summed E-state index contributed by atoms with van der Waals surface area (Å²) in [4.78, 5) is 31.8. The summed E-state index contributed by atoms with van der Waals surface area (Å²) < 4.78 is 15.8. The monoisotopic (exact) mass is 496 g/mol. The van der Waals surface area contributed by atoms with E-state index in [0.29, 0.717) is 26.7 Å². The van der Waals surface area contributed by atoms with Crippen molar-refractivity contribution < 1.29 is 23.8 Å². The minimum atomic E-state index is -0.513. The van der Waals surface area contributed by atoms with Gasteiger partial charge in [-0.2, -0.15) is 5.10 Å². The predicted molar refractivity (Wildman–Crippen MR) is 116 cm³/mol. The topological polar surface area (TPSA) is 112 Å². The highest BCUT2D eigenvalue weighted by Gasteiger charge is 2.13. The van der Waals surface area contributed by atoms with E-state index in [9.17, 15) is 9.59 Å². The fourth-order valence-electron chi connectivity index (χ4n) is 2.24. The van der Waals surface area contributed by atoms with Crippen molar-refractivity contribution in [2.24, 2.45) is 5.10 Å². The number of nitrogens with one attached hydrogen (secondary N) is 1. The molecule has 0 saturated heterocycles. The van der Waals surface area contributed by atoms with Gasteiger partial charge in [-0.15, -0.1) is 0 Å². The third-order valence-corrected chi connectivity index (χ3v) is 4.95. The Bertz CT molecular complexity index is 935. The molecule has 1 aromatic carbocycles. The van der Waals surface area contributed by atoms with Crippen molar-refractivity contribution in [1.29, 1.82) is 0 Å². The van der Waals surface area contributed by atoms with Gasteiger partial charge in [-0.1, -0.05) is 11.8 Å². The fraction of sp³-hybridized carbons (Fsp3) is 0.316. The Labute approximate surface area is 186 Å². The zero-order valence-electron chi connectivity index (χ0n) is 16.9. The minimum absolute atomic E-state index is 0.132. The Kier molecular flexibility index (Phi) is 9.06. The molecule has 0 fully saturated rings. The molecule has 2 aromatic rings. The molecule has 0 aliphatic carbocycles. The van der Waals surface area contributed by atoms with E-state index in [0.717, 1.165) is 11.4 Å². The summed E-state index contributed by atoms with van der Waals surface area (Å²) in [6.07, 6.45) is 1.47. The number of amides is 1. The van der Waals surface area contributed by atoms with E-state index < -0.39 is 5.97 Å². The average Bonchev–Trinajstić information content (AvgIpc) is 2.70. The average molecular weight is 497 g/mol. The highest BCUT2D eigenvalue weighted by atomic mass is 79.9. The normalized spacial score (nSPS) is 10.7. The van der Waals surface area contributed by atoms with Crippen LogP contribution in [-0.2, 0) is 14.3 Å². The number of benzene rings is 1. The number of esters is 1. The van der Waals surface area contributed by atoms with Crippen LogP contribution in [0.15, 0.2) is 32.9 Å². The molecule has 0 atom stereocenters. The van der Waals surface area contributed by atoms with Crippen LogP contribution in [0.5, 0.6) is 11.5 Å². The van der Waals surface area contributed by atoms with E-state index in [1.54, 1.807) is 12.1 Å². The number of hydrazone groups is 1. The van der Waals surface area contributed by atoms with Crippen molar-refractivity contribution in [1.82, 2.24) is 15.4 Å². The Balaban J connectivity index is 1.95. The summed E-state index contributed by atoms with van der Waals surface area (Å²) in [5, 5.41) is 4.50. The molecule has 1 aromatic heterocycles. The molecule has 1 heterocycles. The summed E-state index contributed by atoms with van der Waals surface area (Å²) in [6.45, 7) is 3.50. The van der Waals surface area contributed by atoms with Gasteiger partial charge >= 0.3 is 5.97 Å². The molecule has 160 valence electrons. The highest BCUT2D eigenvalue weighted by molar-refractivity contribution is 9.10. The molecule has 0 unspecified atom stereocenters. The van der Waals surface area contributed by atoms with Crippen LogP contribution in [-0.4, -0.2) is 54.6 Å². The molecule has 30 heavy (non-hydrogen) atoms. The van der Waals surface area contributed by atoms with E-state index in [4.69, 9.17) is 9.47 Å². The number of carbonyl (C=O) groups is 2. The zero-order valence-corrected chi connectivity index (χ0v) is 19.3. The van der Waals surface area contributed by atoms with E-state index >= 15 is 0 Å². The van der Waals surface area contributed by atoms with Crippen LogP contribution in [0.3, 0.4) is 0 Å². The van der Waals surface area contributed by atoms with Gasteiger partial charge < -0.3 is 14.2 Å². The van der Waals surface area contributed by atoms with Crippen molar-refractivity contribution >= 4 is 45.8 Å². The van der Waals surface area contributed by atoms with Gasteiger partial charge in [-0.3, -0.25) is 4.79 Å². The molecule has 0 aliphatic heterocycles. The van der Waals surface area contributed by atoms with Gasteiger partial charge in [0.25, 0.3) is 5.91 Å². The molecule has 0 spiro atoms. The Hall–Kier alpha value is -2.66. The van der Waals surface area contributed by atoms with Crippen molar-refractivity contribution in [2.75, 3.05) is 26.6 Å². The number of halogens is 1. The van der Waals surface area contributed by atoms with Crippen molar-refractivity contribution in [3.63, 3.8) is 0 Å². The van der Waals surface area contributed by atoms with Gasteiger partial charge in [0.2, 0.25) is 0 Å². The number of thioether (sulfide) groups is 1. The lowest BCUT2D eigenvalue weighted by Crippen LogP contribution is -2.19. The number of aromatic nitrogens is 2. The second-order valence-electron chi connectivity index (χ2n) is 5.91. The summed E-state index contributed by atoms with van der Waals surface area (Å²) in [5.74, 6) is 0.0788. The third-order valence-electron chi connectivity index (χ3n) is 3.51. The number of carbonyl (C=O) groups excluding carboxylic acids is 2. The van der Waals surface area contributed by atoms with Gasteiger partial charge in [-0.25, -0.2) is 20.2 Å². The lowest BCUT2D eigenvalue weighted by Gasteiger charge is -2.12. The third kappa shape index (κ3) is 7.30. The molecule has 1 amide bonds. The number of methoxy groups -OCH3 is 2. The lowest BCUT2D eigenvalue weighted by molar-refractivity contribution is -0.143. The number of hydrogen-bond acceptors (Lipinski definition) is 9. The Morgan fingerprint density at radius 1 is 1.20 bits per heavy atom. The summed E-state index contributed by atoms with van der Waals surface area (Å²) in [6, 6.07) is 5.24. The first-order valence-corrected chi connectivity index (χ1v) is 10.4. The van der Waals surface area contributed by atoms with E-state index in [-0.39, 0.29) is 18.3 Å². The smallest absolute Gasteiger partial charge is 0.343 e. The molecule has 0 aliphatic rings. The molecule has 2 rings (SSSR count). The van der Waals surface area contributed by atoms with Gasteiger partial charge in [0.1, 0.15) is 0 Å². The maximum absolute atomic E-state index is 12.0. The number of ether oxygens (including phenoxy) is 3. The van der Waals surface area contributed by atoms with Gasteiger partial charge in [0.05, 0.1) is 30.7 Å². The largest absolute Gasteiger partial charge is 0.493 e. The quantitative estimate of drug-likeness (QED) is 0.185. The van der Waals surface area contributed by atoms with Gasteiger partial charge in [0, 0.05) is 11.4 Å². The highest BCUT2D eigenvalue weighted by Crippen LogP contribution is 2.36. The van der Waals surface area contributed by atoms with Gasteiger partial charge in [-0.05, 0) is 53.5 Å².